The van der Waals surface area contributed by atoms with E-state index in [0.29, 0.717) is 38.6 Å². The van der Waals surface area contributed by atoms with Crippen molar-refractivity contribution in [3.05, 3.63) is 93.8 Å². The van der Waals surface area contributed by atoms with Crippen LogP contribution in [-0.4, -0.2) is 46.5 Å². The van der Waals surface area contributed by atoms with E-state index in [9.17, 15) is 27.1 Å². The Balaban J connectivity index is 1.49. The number of hydrogen-bond acceptors (Lipinski definition) is 8. The molecule has 2 heterocycles. The molecule has 0 saturated carbocycles. The van der Waals surface area contributed by atoms with E-state index in [1.54, 1.807) is 55.5 Å². The summed E-state index contributed by atoms with van der Waals surface area (Å²) in [6, 6.07) is 15.2. The van der Waals surface area contributed by atoms with E-state index in [1.165, 1.54) is 19.2 Å². The van der Waals surface area contributed by atoms with Crippen LogP contribution in [0.5, 0.6) is 0 Å². The van der Waals surface area contributed by atoms with E-state index in [-0.39, 0.29) is 17.7 Å². The molecule has 1 aromatic heterocycles. The molecule has 0 bridgehead atoms. The number of aryl methyl sites for hydroxylation is 1. The largest absolute Gasteiger partial charge is 0.465 e. The number of halogens is 1. The van der Waals surface area contributed by atoms with Crippen LogP contribution in [0.15, 0.2) is 65.6 Å². The van der Waals surface area contributed by atoms with Crippen LogP contribution in [0.4, 0.5) is 0 Å². The lowest BCUT2D eigenvalue weighted by Crippen LogP contribution is -2.31. The van der Waals surface area contributed by atoms with Crippen LogP contribution in [0.25, 0.3) is 11.0 Å². The summed E-state index contributed by atoms with van der Waals surface area (Å²) < 4.78 is 57.1. The van der Waals surface area contributed by atoms with Crippen LogP contribution in [0.1, 0.15) is 50.6 Å². The maximum atomic E-state index is 13.4. The summed E-state index contributed by atoms with van der Waals surface area (Å²) in [5.41, 5.74) is 3.36. The second kappa shape index (κ2) is 11.1. The van der Waals surface area contributed by atoms with Crippen molar-refractivity contribution in [1.29, 1.82) is 0 Å². The van der Waals surface area contributed by atoms with Crippen molar-refractivity contribution in [2.75, 3.05) is 7.11 Å². The summed E-state index contributed by atoms with van der Waals surface area (Å²) in [6.07, 6.45) is 0.122. The number of rotatable bonds is 8. The zero-order valence-corrected chi connectivity index (χ0v) is 24.3. The van der Waals surface area contributed by atoms with E-state index in [4.69, 9.17) is 16.3 Å². The number of aromatic nitrogens is 2. The average molecular weight is 619 g/mol. The van der Waals surface area contributed by atoms with Crippen molar-refractivity contribution in [2.45, 2.75) is 36.0 Å². The van der Waals surface area contributed by atoms with E-state index < -0.39 is 44.0 Å². The first kappa shape index (κ1) is 29.0. The van der Waals surface area contributed by atoms with Gasteiger partial charge in [0.25, 0.3) is 0 Å². The van der Waals surface area contributed by atoms with Crippen LogP contribution >= 0.6 is 22.4 Å². The second-order valence-electron chi connectivity index (χ2n) is 9.69. The zero-order valence-electron chi connectivity index (χ0n) is 21.9. The molecule has 41 heavy (non-hydrogen) atoms. The number of imidazole rings is 1. The molecular formula is C27H27ClN4O7S2. The lowest BCUT2D eigenvalue weighted by Gasteiger charge is -2.32. The third kappa shape index (κ3) is 6.10. The van der Waals surface area contributed by atoms with Crippen LogP contribution in [-0.2, 0) is 26.0 Å². The second-order valence-corrected chi connectivity index (χ2v) is 13.8. The molecule has 0 aliphatic carbocycles. The Kier molecular flexibility index (Phi) is 7.85. The quantitative estimate of drug-likeness (QED) is 0.175. The van der Waals surface area contributed by atoms with Crippen LogP contribution < -0.4 is 9.44 Å². The van der Waals surface area contributed by atoms with Crippen molar-refractivity contribution in [3.63, 3.8) is 0 Å². The van der Waals surface area contributed by atoms with Gasteiger partial charge in [0, 0.05) is 5.02 Å². The minimum absolute atomic E-state index is 0.0128. The average Bonchev–Trinajstić information content (AvgIpc) is 3.48. The monoisotopic (exact) mass is 618 g/mol. The molecule has 0 radical (unpaired) electrons. The number of aromatic amines is 1. The highest BCUT2D eigenvalue weighted by molar-refractivity contribution is 8.23. The molecule has 1 unspecified atom stereocenters. The molecule has 3 aromatic carbocycles. The van der Waals surface area contributed by atoms with Crippen LogP contribution in [0.2, 0.25) is 5.02 Å². The number of amides is 1. The van der Waals surface area contributed by atoms with Gasteiger partial charge in [-0.2, -0.15) is 0 Å². The van der Waals surface area contributed by atoms with Gasteiger partial charge >= 0.3 is 5.97 Å². The van der Waals surface area contributed by atoms with Gasteiger partial charge in [-0.05, 0) is 60.4 Å². The van der Waals surface area contributed by atoms with Gasteiger partial charge in [-0.3, -0.25) is 18.6 Å². The fourth-order valence-corrected chi connectivity index (χ4v) is 7.56. The number of ether oxygens (including phenoxy) is 1. The SMILES string of the molecule is COC(=O)c1ccc2nc([C@H](Cc3ccc(C4CC(=O)NS4(O)O)cc3)NS(=O)(=O)c3ccc(C)c(Cl)c3)[nH]c2c1. The van der Waals surface area contributed by atoms with Gasteiger partial charge in [0.1, 0.15) is 11.1 Å². The highest BCUT2D eigenvalue weighted by atomic mass is 35.5. The topological polar surface area (TPSA) is 171 Å². The molecule has 4 aromatic rings. The molecular weight excluding hydrogens is 592 g/mol. The number of nitrogens with zero attached hydrogens (tertiary/aromatic N) is 1. The number of H-pyrrole nitrogens is 1. The van der Waals surface area contributed by atoms with E-state index in [1.807, 2.05) is 0 Å². The Labute approximate surface area is 242 Å². The minimum Gasteiger partial charge on any atom is -0.465 e. The number of hydrogen-bond donors (Lipinski definition) is 5. The molecule has 216 valence electrons. The number of methoxy groups -OCH3 is 1. The van der Waals surface area contributed by atoms with Gasteiger partial charge in [-0.1, -0.05) is 41.9 Å². The van der Waals surface area contributed by atoms with Crippen molar-refractivity contribution >= 4 is 55.3 Å². The summed E-state index contributed by atoms with van der Waals surface area (Å²) >= 11 is 6.20. The number of sulfonamides is 1. The Bertz CT molecular complexity index is 1760. The van der Waals surface area contributed by atoms with Crippen molar-refractivity contribution in [2.24, 2.45) is 0 Å². The van der Waals surface area contributed by atoms with Crippen molar-refractivity contribution in [1.82, 2.24) is 19.4 Å². The number of nitrogens with one attached hydrogen (secondary N) is 3. The van der Waals surface area contributed by atoms with E-state index >= 15 is 0 Å². The van der Waals surface area contributed by atoms with Gasteiger partial charge in [0.05, 0.1) is 41.1 Å². The molecule has 1 amide bonds. The fraction of sp³-hybridized carbons (Fsp3) is 0.222. The van der Waals surface area contributed by atoms with Gasteiger partial charge in [0.2, 0.25) is 15.9 Å². The Morgan fingerprint density at radius 1 is 1.17 bits per heavy atom. The molecule has 5 rings (SSSR count). The fourth-order valence-electron chi connectivity index (χ4n) is 4.61. The number of esters is 1. The molecule has 5 N–H and O–H groups in total. The van der Waals surface area contributed by atoms with E-state index in [0.717, 1.165) is 5.56 Å². The van der Waals surface area contributed by atoms with Gasteiger partial charge in [0.15, 0.2) is 0 Å². The summed E-state index contributed by atoms with van der Waals surface area (Å²) in [5, 5.41) is -0.464. The highest BCUT2D eigenvalue weighted by Crippen LogP contribution is 2.56. The minimum atomic E-state index is -4.05. The Morgan fingerprint density at radius 2 is 1.90 bits per heavy atom. The van der Waals surface area contributed by atoms with E-state index in [2.05, 4.69) is 19.4 Å². The molecule has 0 spiro atoms. The Hall–Kier alpha value is -3.46. The molecule has 14 heteroatoms. The molecule has 1 saturated heterocycles. The highest BCUT2D eigenvalue weighted by Gasteiger charge is 2.38. The molecule has 2 atom stereocenters. The summed E-state index contributed by atoms with van der Waals surface area (Å²) in [6.45, 7) is 1.77. The van der Waals surface area contributed by atoms with Gasteiger partial charge in [-0.15, -0.1) is 10.8 Å². The lowest BCUT2D eigenvalue weighted by atomic mass is 10.0. The van der Waals surface area contributed by atoms with Crippen molar-refractivity contribution in [3.8, 4) is 0 Å². The van der Waals surface area contributed by atoms with Gasteiger partial charge < -0.3 is 9.72 Å². The Morgan fingerprint density at radius 3 is 2.54 bits per heavy atom. The standard InChI is InChI=1S/C27H27ClN4O7S2/c1-15-3-9-19(13-20(15)28)40(35,36)31-23(26-29-21-10-8-18(27(34)39-2)12-22(21)30-26)11-16-4-6-17(7-5-16)24-14-25(33)32-41(24,37)38/h3-10,12-13,23-24,31,37-38H,11,14H2,1-2H3,(H,29,30)(H,32,33)/t23-,24?/m0/s1. The number of carbonyl (C=O) groups excluding carboxylic acids is 2. The zero-order chi connectivity index (χ0) is 29.5. The number of fused-ring (bicyclic) bond motifs is 1. The summed E-state index contributed by atoms with van der Waals surface area (Å²) in [5.74, 6) is -0.648. The molecule has 1 fully saturated rings. The molecule has 11 nitrogen and oxygen atoms in total. The predicted octanol–water partition coefficient (Wildman–Crippen LogP) is 4.80. The maximum Gasteiger partial charge on any atom is 0.337 e. The maximum absolute atomic E-state index is 13.4. The number of benzene rings is 3. The van der Waals surface area contributed by atoms with Crippen LogP contribution in [0, 0.1) is 6.92 Å². The third-order valence-corrected chi connectivity index (χ3v) is 10.5. The smallest absolute Gasteiger partial charge is 0.337 e. The molecule has 1 aliphatic rings. The predicted molar refractivity (Wildman–Crippen MR) is 155 cm³/mol. The lowest BCUT2D eigenvalue weighted by molar-refractivity contribution is -0.118. The molecule has 1 aliphatic heterocycles. The third-order valence-electron chi connectivity index (χ3n) is 6.83. The van der Waals surface area contributed by atoms with Crippen molar-refractivity contribution < 1.29 is 31.8 Å². The summed E-state index contributed by atoms with van der Waals surface area (Å²) in [7, 11) is -6.08. The first-order valence-corrected chi connectivity index (χ1v) is 15.9. The van der Waals surface area contributed by atoms with Gasteiger partial charge in [-0.25, -0.2) is 22.9 Å². The van der Waals surface area contributed by atoms with Crippen LogP contribution in [0.3, 0.4) is 0 Å². The first-order chi connectivity index (χ1) is 19.4. The summed E-state index contributed by atoms with van der Waals surface area (Å²) in [4.78, 5) is 31.4. The first-order valence-electron chi connectivity index (χ1n) is 12.4. The normalized spacial score (nSPS) is 18.2. The number of carbonyl (C=O) groups is 2.